The number of nitrogens with zero attached hydrogens (tertiary/aromatic N) is 2. The summed E-state index contributed by atoms with van der Waals surface area (Å²) in [4.78, 5) is 40.5. The van der Waals surface area contributed by atoms with Crippen molar-refractivity contribution >= 4 is 23.4 Å². The molecule has 3 N–H and O–H groups in total. The molecular weight excluding hydrogens is 413 g/mol. The first-order valence-corrected chi connectivity index (χ1v) is 10.5. The van der Waals surface area contributed by atoms with E-state index in [1.807, 2.05) is 41.8 Å². The number of piperazine rings is 1. The molecule has 8 nitrogen and oxygen atoms in total. The molecule has 0 radical (unpaired) electrons. The van der Waals surface area contributed by atoms with Crippen LogP contribution in [-0.4, -0.2) is 66.8 Å². The van der Waals surface area contributed by atoms with Crippen LogP contribution in [0.3, 0.4) is 0 Å². The normalized spacial score (nSPS) is 14.6. The number of halogens is 1. The minimum atomic E-state index is -0.516. The van der Waals surface area contributed by atoms with Gasteiger partial charge in [0, 0.05) is 37.4 Å². The number of carbonyl (C=O) groups excluding carboxylic acids is 3. The largest absolute Gasteiger partial charge is 0.324 e. The molecule has 1 saturated heterocycles. The summed E-state index contributed by atoms with van der Waals surface area (Å²) < 4.78 is 12.9. The Morgan fingerprint density at radius 3 is 1.91 bits per heavy atom. The first-order chi connectivity index (χ1) is 15.3. The topological polar surface area (TPSA) is 93.8 Å². The summed E-state index contributed by atoms with van der Waals surface area (Å²) in [5.41, 5.74) is 7.86. The molecule has 32 heavy (non-hydrogen) atoms. The number of hydrazine groups is 1. The fraction of sp³-hybridized carbons (Fsp3) is 0.348. The Balaban J connectivity index is 1.37. The van der Waals surface area contributed by atoms with Gasteiger partial charge in [-0.2, -0.15) is 0 Å². The van der Waals surface area contributed by atoms with Crippen molar-refractivity contribution < 1.29 is 18.8 Å². The van der Waals surface area contributed by atoms with Crippen LogP contribution in [0.15, 0.2) is 42.5 Å². The molecule has 3 amide bonds. The summed E-state index contributed by atoms with van der Waals surface area (Å²) in [6.45, 7) is 6.95. The van der Waals surface area contributed by atoms with E-state index in [4.69, 9.17) is 0 Å². The molecule has 1 aliphatic rings. The molecule has 1 heterocycles. The van der Waals surface area contributed by atoms with Crippen molar-refractivity contribution in [2.75, 3.05) is 44.6 Å². The van der Waals surface area contributed by atoms with E-state index in [1.165, 1.54) is 24.3 Å². The summed E-state index contributed by atoms with van der Waals surface area (Å²) in [5, 5.41) is 2.99. The van der Waals surface area contributed by atoms with Gasteiger partial charge < -0.3 is 5.32 Å². The van der Waals surface area contributed by atoms with Crippen LogP contribution in [0, 0.1) is 19.7 Å². The van der Waals surface area contributed by atoms with Crippen LogP contribution in [0.5, 0.6) is 0 Å². The van der Waals surface area contributed by atoms with E-state index in [0.29, 0.717) is 32.7 Å². The van der Waals surface area contributed by atoms with Crippen LogP contribution in [0.4, 0.5) is 10.1 Å². The number of nitrogens with one attached hydrogen (secondary N) is 3. The van der Waals surface area contributed by atoms with Crippen molar-refractivity contribution in [1.29, 1.82) is 0 Å². The lowest BCUT2D eigenvalue weighted by Gasteiger charge is -2.33. The quantitative estimate of drug-likeness (QED) is 0.590. The van der Waals surface area contributed by atoms with Gasteiger partial charge in [-0.25, -0.2) is 4.39 Å². The van der Waals surface area contributed by atoms with Crippen molar-refractivity contribution in [1.82, 2.24) is 20.7 Å². The van der Waals surface area contributed by atoms with Crippen molar-refractivity contribution in [3.8, 4) is 0 Å². The molecule has 0 saturated carbocycles. The maximum atomic E-state index is 12.9. The molecule has 170 valence electrons. The Kier molecular flexibility index (Phi) is 7.91. The molecule has 0 aromatic heterocycles. The summed E-state index contributed by atoms with van der Waals surface area (Å²) >= 11 is 0. The third-order valence-electron chi connectivity index (χ3n) is 5.37. The lowest BCUT2D eigenvalue weighted by Crippen LogP contribution is -2.52. The number of rotatable bonds is 6. The zero-order valence-electron chi connectivity index (χ0n) is 18.3. The molecule has 3 rings (SSSR count). The van der Waals surface area contributed by atoms with Gasteiger partial charge in [0.1, 0.15) is 5.82 Å². The second-order valence-electron chi connectivity index (χ2n) is 7.88. The molecule has 0 bridgehead atoms. The number of hydrogen-bond acceptors (Lipinski definition) is 5. The highest BCUT2D eigenvalue weighted by atomic mass is 19.1. The Morgan fingerprint density at radius 1 is 0.812 bits per heavy atom. The van der Waals surface area contributed by atoms with Gasteiger partial charge in [-0.3, -0.25) is 35.0 Å². The number of benzene rings is 2. The zero-order valence-corrected chi connectivity index (χ0v) is 18.3. The molecule has 0 atom stereocenters. The van der Waals surface area contributed by atoms with Crippen LogP contribution in [0.25, 0.3) is 0 Å². The van der Waals surface area contributed by atoms with E-state index >= 15 is 0 Å². The summed E-state index contributed by atoms with van der Waals surface area (Å²) in [7, 11) is 0. The van der Waals surface area contributed by atoms with Gasteiger partial charge >= 0.3 is 0 Å². The maximum absolute atomic E-state index is 12.9. The molecular formula is C23H28FN5O3. The van der Waals surface area contributed by atoms with Crippen LogP contribution < -0.4 is 16.2 Å². The smallest absolute Gasteiger partial charge is 0.269 e. The van der Waals surface area contributed by atoms with E-state index < -0.39 is 11.7 Å². The summed E-state index contributed by atoms with van der Waals surface area (Å²) in [5.74, 6) is -1.36. The van der Waals surface area contributed by atoms with Crippen molar-refractivity contribution in [3.63, 3.8) is 0 Å². The fourth-order valence-electron chi connectivity index (χ4n) is 3.54. The lowest BCUT2D eigenvalue weighted by molar-refractivity contribution is -0.124. The Hall–Kier alpha value is -3.30. The lowest BCUT2D eigenvalue weighted by atomic mass is 10.1. The first-order valence-electron chi connectivity index (χ1n) is 10.5. The van der Waals surface area contributed by atoms with Gasteiger partial charge in [-0.1, -0.05) is 18.2 Å². The van der Waals surface area contributed by atoms with Crippen molar-refractivity contribution in [2.45, 2.75) is 13.8 Å². The van der Waals surface area contributed by atoms with Gasteiger partial charge in [0.15, 0.2) is 0 Å². The molecule has 1 fully saturated rings. The Morgan fingerprint density at radius 2 is 1.34 bits per heavy atom. The molecule has 0 spiro atoms. The fourth-order valence-corrected chi connectivity index (χ4v) is 3.54. The Labute approximate surface area is 186 Å². The average Bonchev–Trinajstić information content (AvgIpc) is 2.76. The number of aryl methyl sites for hydroxylation is 2. The van der Waals surface area contributed by atoms with Gasteiger partial charge in [0.05, 0.1) is 13.1 Å². The van der Waals surface area contributed by atoms with Crippen LogP contribution in [0.1, 0.15) is 21.5 Å². The number of para-hydroxylation sites is 1. The van der Waals surface area contributed by atoms with Gasteiger partial charge in [0.2, 0.25) is 5.91 Å². The summed E-state index contributed by atoms with van der Waals surface area (Å²) in [6, 6.07) is 10.9. The molecule has 9 heteroatoms. The highest BCUT2D eigenvalue weighted by Crippen LogP contribution is 2.19. The highest BCUT2D eigenvalue weighted by Gasteiger charge is 2.21. The zero-order chi connectivity index (χ0) is 23.1. The van der Waals surface area contributed by atoms with E-state index in [-0.39, 0.29) is 23.9 Å². The number of amides is 3. The van der Waals surface area contributed by atoms with E-state index in [9.17, 15) is 18.8 Å². The summed E-state index contributed by atoms with van der Waals surface area (Å²) in [6.07, 6.45) is 0. The molecule has 0 aliphatic carbocycles. The highest BCUT2D eigenvalue weighted by molar-refractivity contribution is 5.95. The Bertz CT molecular complexity index is 952. The molecule has 2 aromatic rings. The second-order valence-corrected chi connectivity index (χ2v) is 7.88. The van der Waals surface area contributed by atoms with E-state index in [0.717, 1.165) is 16.8 Å². The molecule has 0 unspecified atom stereocenters. The van der Waals surface area contributed by atoms with Gasteiger partial charge in [-0.15, -0.1) is 0 Å². The number of carbonyl (C=O) groups is 3. The first kappa shape index (κ1) is 23.4. The molecule has 1 aliphatic heterocycles. The predicted molar refractivity (Wildman–Crippen MR) is 119 cm³/mol. The number of anilines is 1. The monoisotopic (exact) mass is 441 g/mol. The third kappa shape index (κ3) is 6.60. The van der Waals surface area contributed by atoms with E-state index in [1.54, 1.807) is 0 Å². The van der Waals surface area contributed by atoms with Gasteiger partial charge in [-0.05, 0) is 49.2 Å². The second kappa shape index (κ2) is 10.8. The minimum absolute atomic E-state index is 0.0582. The minimum Gasteiger partial charge on any atom is -0.324 e. The third-order valence-corrected chi connectivity index (χ3v) is 5.37. The van der Waals surface area contributed by atoms with Crippen LogP contribution >= 0.6 is 0 Å². The average molecular weight is 442 g/mol. The maximum Gasteiger partial charge on any atom is 0.269 e. The molecule has 2 aromatic carbocycles. The van der Waals surface area contributed by atoms with Crippen molar-refractivity contribution in [2.24, 2.45) is 0 Å². The number of hydrogen-bond donors (Lipinski definition) is 3. The van der Waals surface area contributed by atoms with Gasteiger partial charge in [0.25, 0.3) is 11.8 Å². The SMILES string of the molecule is Cc1cccc(C)c1NC(=O)CN1CCN(CC(=O)NNC(=O)c2ccc(F)cc2)CC1. The van der Waals surface area contributed by atoms with Crippen LogP contribution in [-0.2, 0) is 9.59 Å². The van der Waals surface area contributed by atoms with Crippen molar-refractivity contribution in [3.05, 3.63) is 65.0 Å². The predicted octanol–water partition coefficient (Wildman–Crippen LogP) is 1.46. The van der Waals surface area contributed by atoms with Crippen LogP contribution in [0.2, 0.25) is 0 Å². The standard InChI is InChI=1S/C23H28FN5O3/c1-16-4-3-5-17(2)22(16)25-20(30)14-28-10-12-29(13-11-28)15-21(31)26-27-23(32)18-6-8-19(24)9-7-18/h3-9H,10-15H2,1-2H3,(H,25,30)(H,26,31)(H,27,32). The van der Waals surface area contributed by atoms with E-state index in [2.05, 4.69) is 16.2 Å².